The van der Waals surface area contributed by atoms with Gasteiger partial charge in [-0.15, -0.1) is 0 Å². The van der Waals surface area contributed by atoms with Crippen LogP contribution in [0, 0.1) is 5.92 Å². The van der Waals surface area contributed by atoms with Crippen molar-refractivity contribution >= 4 is 17.3 Å². The third-order valence-electron chi connectivity index (χ3n) is 5.46. The third-order valence-corrected chi connectivity index (χ3v) is 5.46. The van der Waals surface area contributed by atoms with Gasteiger partial charge in [-0.1, -0.05) is 36.4 Å². The highest BCUT2D eigenvalue weighted by molar-refractivity contribution is 5.70. The lowest BCUT2D eigenvalue weighted by Gasteiger charge is -2.30. The molecule has 1 fully saturated rings. The number of carbonyl (C=O) groups is 1. The summed E-state index contributed by atoms with van der Waals surface area (Å²) in [6.45, 7) is 4.83. The van der Waals surface area contributed by atoms with Gasteiger partial charge >= 0.3 is 5.97 Å². The molecule has 1 N–H and O–H groups in total. The number of para-hydroxylation sites is 2. The number of carboxylic acid groups (broad SMARTS) is 1. The Morgan fingerprint density at radius 1 is 1.00 bits per heavy atom. The van der Waals surface area contributed by atoms with E-state index in [1.165, 1.54) is 11.4 Å². The monoisotopic (exact) mass is 396 g/mol. The van der Waals surface area contributed by atoms with Crippen LogP contribution in [0.2, 0.25) is 0 Å². The van der Waals surface area contributed by atoms with Crippen molar-refractivity contribution < 1.29 is 14.6 Å². The van der Waals surface area contributed by atoms with Gasteiger partial charge in [0, 0.05) is 37.6 Å². The number of likely N-dealkylation sites (tertiary alicyclic amines) is 1. The number of rotatable bonds is 11. The molecule has 0 spiro atoms. The van der Waals surface area contributed by atoms with E-state index in [4.69, 9.17) is 4.74 Å². The highest BCUT2D eigenvalue weighted by atomic mass is 16.5. The van der Waals surface area contributed by atoms with Crippen molar-refractivity contribution in [2.75, 3.05) is 44.3 Å². The number of hydrogen-bond donors (Lipinski definition) is 1. The molecular formula is C24H32N2O3. The van der Waals surface area contributed by atoms with E-state index in [2.05, 4.69) is 58.3 Å². The lowest BCUT2D eigenvalue weighted by Crippen LogP contribution is -2.40. The Morgan fingerprint density at radius 3 is 2.28 bits per heavy atom. The van der Waals surface area contributed by atoms with Crippen molar-refractivity contribution in [3.63, 3.8) is 0 Å². The first-order valence-corrected chi connectivity index (χ1v) is 10.6. The Morgan fingerprint density at radius 2 is 1.66 bits per heavy atom. The van der Waals surface area contributed by atoms with E-state index in [1.807, 2.05) is 12.1 Å². The molecule has 0 unspecified atom stereocenters. The van der Waals surface area contributed by atoms with Crippen LogP contribution in [-0.4, -0.2) is 55.4 Å². The summed E-state index contributed by atoms with van der Waals surface area (Å²) in [6, 6.07) is 21.0. The Hall–Kier alpha value is -2.37. The van der Waals surface area contributed by atoms with E-state index in [-0.39, 0.29) is 5.92 Å². The van der Waals surface area contributed by atoms with Gasteiger partial charge in [0.1, 0.15) is 0 Å². The van der Waals surface area contributed by atoms with Crippen molar-refractivity contribution in [2.45, 2.75) is 25.7 Å². The minimum atomic E-state index is -0.669. The zero-order valence-corrected chi connectivity index (χ0v) is 17.1. The predicted molar refractivity (Wildman–Crippen MR) is 117 cm³/mol. The Bertz CT molecular complexity index is 684. The molecule has 0 aliphatic carbocycles. The molecule has 0 amide bonds. The fourth-order valence-corrected chi connectivity index (χ4v) is 3.85. The standard InChI is InChI=1S/C24H32N2O3/c27-24(28)21-10-9-15-25(20-21)17-19-29-18-8-7-16-26(22-11-3-1-4-12-22)23-13-5-2-6-14-23/h1-6,11-14,21H,7-10,15-20H2,(H,27,28)/t21-/m1/s1. The number of benzene rings is 2. The zero-order chi connectivity index (χ0) is 20.3. The van der Waals surface area contributed by atoms with Crippen LogP contribution in [0.3, 0.4) is 0 Å². The summed E-state index contributed by atoms with van der Waals surface area (Å²) in [7, 11) is 0. The maximum Gasteiger partial charge on any atom is 0.307 e. The number of unbranched alkanes of at least 4 members (excludes halogenated alkanes) is 1. The second kappa shape index (κ2) is 11.6. The van der Waals surface area contributed by atoms with Crippen molar-refractivity contribution in [1.82, 2.24) is 4.90 Å². The Kier molecular flexibility index (Phi) is 8.53. The van der Waals surface area contributed by atoms with Gasteiger partial charge in [0.15, 0.2) is 0 Å². The number of nitrogens with zero attached hydrogens (tertiary/aromatic N) is 2. The smallest absolute Gasteiger partial charge is 0.307 e. The van der Waals surface area contributed by atoms with Crippen LogP contribution in [0.1, 0.15) is 25.7 Å². The topological polar surface area (TPSA) is 53.0 Å². The lowest BCUT2D eigenvalue weighted by molar-refractivity contribution is -0.143. The van der Waals surface area contributed by atoms with Crippen molar-refractivity contribution in [3.8, 4) is 0 Å². The number of hydrogen-bond acceptors (Lipinski definition) is 4. The fraction of sp³-hybridized carbons (Fsp3) is 0.458. The van der Waals surface area contributed by atoms with Crippen LogP contribution in [0.25, 0.3) is 0 Å². The molecule has 0 bridgehead atoms. The average Bonchev–Trinajstić information content (AvgIpc) is 2.77. The van der Waals surface area contributed by atoms with E-state index in [9.17, 15) is 9.90 Å². The van der Waals surface area contributed by atoms with E-state index in [0.29, 0.717) is 13.2 Å². The van der Waals surface area contributed by atoms with Gasteiger partial charge in [0.05, 0.1) is 12.5 Å². The first-order chi connectivity index (χ1) is 14.2. The first-order valence-electron chi connectivity index (χ1n) is 10.6. The summed E-state index contributed by atoms with van der Waals surface area (Å²) >= 11 is 0. The zero-order valence-electron chi connectivity index (χ0n) is 17.1. The van der Waals surface area contributed by atoms with Crippen molar-refractivity contribution in [1.29, 1.82) is 0 Å². The van der Waals surface area contributed by atoms with Crippen LogP contribution in [0.5, 0.6) is 0 Å². The molecule has 3 rings (SSSR count). The molecule has 1 saturated heterocycles. The van der Waals surface area contributed by atoms with E-state index in [0.717, 1.165) is 51.9 Å². The number of piperidine rings is 1. The van der Waals surface area contributed by atoms with Crippen LogP contribution in [0.15, 0.2) is 60.7 Å². The molecule has 5 nitrogen and oxygen atoms in total. The predicted octanol–water partition coefficient (Wildman–Crippen LogP) is 4.42. The summed E-state index contributed by atoms with van der Waals surface area (Å²) in [5.41, 5.74) is 2.41. The van der Waals surface area contributed by atoms with Gasteiger partial charge in [-0.3, -0.25) is 4.79 Å². The Labute approximate surface area is 173 Å². The molecule has 156 valence electrons. The maximum absolute atomic E-state index is 11.1. The lowest BCUT2D eigenvalue weighted by atomic mass is 9.98. The average molecular weight is 397 g/mol. The van der Waals surface area contributed by atoms with Crippen molar-refractivity contribution in [3.05, 3.63) is 60.7 Å². The van der Waals surface area contributed by atoms with Gasteiger partial charge in [-0.25, -0.2) is 0 Å². The summed E-state index contributed by atoms with van der Waals surface area (Å²) < 4.78 is 5.82. The van der Waals surface area contributed by atoms with Crippen molar-refractivity contribution in [2.24, 2.45) is 5.92 Å². The molecule has 29 heavy (non-hydrogen) atoms. The maximum atomic E-state index is 11.1. The van der Waals surface area contributed by atoms with Gasteiger partial charge in [-0.2, -0.15) is 0 Å². The fourth-order valence-electron chi connectivity index (χ4n) is 3.85. The summed E-state index contributed by atoms with van der Waals surface area (Å²) in [5, 5.41) is 9.17. The quantitative estimate of drug-likeness (QED) is 0.570. The molecule has 0 saturated carbocycles. The molecule has 1 heterocycles. The molecule has 2 aromatic rings. The summed E-state index contributed by atoms with van der Waals surface area (Å²) in [6.07, 6.45) is 3.82. The first kappa shape index (κ1) is 21.3. The van der Waals surface area contributed by atoms with Crippen LogP contribution < -0.4 is 4.90 Å². The number of ether oxygens (including phenoxy) is 1. The molecule has 1 atom stereocenters. The Balaban J connectivity index is 1.36. The number of anilines is 2. The minimum Gasteiger partial charge on any atom is -0.481 e. The number of aliphatic carboxylic acids is 1. The van der Waals surface area contributed by atoms with Gasteiger partial charge in [0.25, 0.3) is 0 Å². The second-order valence-electron chi connectivity index (χ2n) is 7.62. The molecular weight excluding hydrogens is 364 g/mol. The van der Waals surface area contributed by atoms with Gasteiger partial charge in [0.2, 0.25) is 0 Å². The molecule has 0 aromatic heterocycles. The van der Waals surface area contributed by atoms with Gasteiger partial charge < -0.3 is 19.6 Å². The molecule has 2 aromatic carbocycles. The van der Waals surface area contributed by atoms with E-state index < -0.39 is 5.97 Å². The van der Waals surface area contributed by atoms with E-state index >= 15 is 0 Å². The molecule has 5 heteroatoms. The summed E-state index contributed by atoms with van der Waals surface area (Å²) in [5.74, 6) is -0.886. The second-order valence-corrected chi connectivity index (χ2v) is 7.62. The van der Waals surface area contributed by atoms with Crippen LogP contribution >= 0.6 is 0 Å². The third kappa shape index (κ3) is 6.87. The van der Waals surface area contributed by atoms with Crippen LogP contribution in [0.4, 0.5) is 11.4 Å². The highest BCUT2D eigenvalue weighted by Gasteiger charge is 2.24. The minimum absolute atomic E-state index is 0.217. The molecule has 0 radical (unpaired) electrons. The molecule has 1 aliphatic rings. The normalized spacial score (nSPS) is 17.2. The largest absolute Gasteiger partial charge is 0.481 e. The summed E-state index contributed by atoms with van der Waals surface area (Å²) in [4.78, 5) is 15.7. The van der Waals surface area contributed by atoms with E-state index in [1.54, 1.807) is 0 Å². The molecule has 1 aliphatic heterocycles. The van der Waals surface area contributed by atoms with Gasteiger partial charge in [-0.05, 0) is 56.5 Å². The van der Waals surface area contributed by atoms with Crippen LogP contribution in [-0.2, 0) is 9.53 Å². The highest BCUT2D eigenvalue weighted by Crippen LogP contribution is 2.25. The SMILES string of the molecule is O=C(O)[C@@H]1CCCN(CCOCCCCN(c2ccccc2)c2ccccc2)C1. The number of carboxylic acids is 1.